The lowest BCUT2D eigenvalue weighted by Gasteiger charge is -2.17. The average molecular weight is 273 g/mol. The Labute approximate surface area is 118 Å². The van der Waals surface area contributed by atoms with Crippen molar-refractivity contribution < 1.29 is 18.9 Å². The van der Waals surface area contributed by atoms with Gasteiger partial charge in [-0.25, -0.2) is 0 Å². The Morgan fingerprint density at radius 3 is 1.75 bits per heavy atom. The van der Waals surface area contributed by atoms with Gasteiger partial charge in [-0.2, -0.15) is 0 Å². The van der Waals surface area contributed by atoms with E-state index in [4.69, 9.17) is 18.9 Å². The third-order valence-electron chi connectivity index (χ3n) is 3.02. The van der Waals surface area contributed by atoms with Crippen LogP contribution in [0.25, 0.3) is 11.1 Å². The molecule has 0 aliphatic rings. The summed E-state index contributed by atoms with van der Waals surface area (Å²) in [5.74, 6) is 2.61. The molecular weight excluding hydrogens is 256 g/mol. The second-order valence-corrected chi connectivity index (χ2v) is 3.99. The number of benzene rings is 2. The van der Waals surface area contributed by atoms with E-state index in [2.05, 4.69) is 6.07 Å². The number of methoxy groups -OCH3 is 4. The third kappa shape index (κ3) is 2.37. The molecule has 1 radical (unpaired) electrons. The van der Waals surface area contributed by atoms with Crippen LogP contribution in [0.5, 0.6) is 23.0 Å². The molecule has 2 aromatic carbocycles. The van der Waals surface area contributed by atoms with Crippen LogP contribution in [0.2, 0.25) is 0 Å². The van der Waals surface area contributed by atoms with Gasteiger partial charge in [-0.1, -0.05) is 6.07 Å². The van der Waals surface area contributed by atoms with Gasteiger partial charge >= 0.3 is 0 Å². The molecule has 105 valence electrons. The summed E-state index contributed by atoms with van der Waals surface area (Å²) in [5.41, 5.74) is 1.54. The van der Waals surface area contributed by atoms with Gasteiger partial charge in [0.2, 0.25) is 0 Å². The smallest absolute Gasteiger partial charge is 0.138 e. The predicted octanol–water partition coefficient (Wildman–Crippen LogP) is 3.19. The van der Waals surface area contributed by atoms with Crippen LogP contribution in [0.1, 0.15) is 0 Å². The molecule has 20 heavy (non-hydrogen) atoms. The lowest BCUT2D eigenvalue weighted by Crippen LogP contribution is -1.98. The highest BCUT2D eigenvalue weighted by Crippen LogP contribution is 2.47. The van der Waals surface area contributed by atoms with E-state index < -0.39 is 0 Å². The first-order valence-electron chi connectivity index (χ1n) is 6.10. The summed E-state index contributed by atoms with van der Waals surface area (Å²) in [6, 6.07) is 12.2. The molecule has 0 aromatic heterocycles. The van der Waals surface area contributed by atoms with Crippen molar-refractivity contribution in [3.05, 3.63) is 36.4 Å². The summed E-state index contributed by atoms with van der Waals surface area (Å²) >= 11 is 0. The number of rotatable bonds is 5. The van der Waals surface area contributed by atoms with Crippen molar-refractivity contribution in [2.24, 2.45) is 0 Å². The molecule has 0 aliphatic heterocycles. The molecule has 0 unspecified atom stereocenters. The first kappa shape index (κ1) is 14.1. The number of hydrogen-bond acceptors (Lipinski definition) is 4. The van der Waals surface area contributed by atoms with E-state index in [0.29, 0.717) is 23.0 Å². The minimum absolute atomic E-state index is 0.576. The van der Waals surface area contributed by atoms with E-state index in [9.17, 15) is 0 Å². The van der Waals surface area contributed by atoms with E-state index in [-0.39, 0.29) is 0 Å². The van der Waals surface area contributed by atoms with Crippen LogP contribution >= 0.6 is 0 Å². The fourth-order valence-electron chi connectivity index (χ4n) is 2.13. The van der Waals surface area contributed by atoms with Crippen LogP contribution in [0.4, 0.5) is 0 Å². The molecule has 4 heteroatoms. The summed E-state index contributed by atoms with van der Waals surface area (Å²) in [4.78, 5) is 0. The maximum Gasteiger partial charge on any atom is 0.138 e. The zero-order chi connectivity index (χ0) is 14.5. The third-order valence-corrected chi connectivity index (χ3v) is 3.02. The van der Waals surface area contributed by atoms with Crippen molar-refractivity contribution in [2.45, 2.75) is 0 Å². The topological polar surface area (TPSA) is 36.9 Å². The van der Waals surface area contributed by atoms with Crippen molar-refractivity contribution in [2.75, 3.05) is 28.4 Å². The average Bonchev–Trinajstić information content (AvgIpc) is 2.52. The monoisotopic (exact) mass is 273 g/mol. The lowest BCUT2D eigenvalue weighted by molar-refractivity contribution is 0.386. The molecule has 0 bridgehead atoms. The van der Waals surface area contributed by atoms with Gasteiger partial charge in [-0.05, 0) is 24.3 Å². The van der Waals surface area contributed by atoms with E-state index in [1.54, 1.807) is 34.5 Å². The standard InChI is InChI=1S/C16H17O4/c1-17-11-7-5-8-12(18-2)15(11)16-13(19-3)9-6-10-14(16)20-4/h5-9H,1-4H3. The molecule has 4 nitrogen and oxygen atoms in total. The van der Waals surface area contributed by atoms with Crippen LogP contribution in [0.15, 0.2) is 30.3 Å². The molecular formula is C16H17O4. The molecule has 0 N–H and O–H groups in total. The summed E-state index contributed by atoms with van der Waals surface area (Å²) in [5, 5.41) is 0. The van der Waals surface area contributed by atoms with Gasteiger partial charge < -0.3 is 18.9 Å². The first-order chi connectivity index (χ1) is 9.76. The van der Waals surface area contributed by atoms with Crippen molar-refractivity contribution in [1.82, 2.24) is 0 Å². The van der Waals surface area contributed by atoms with Gasteiger partial charge in [0, 0.05) is 6.07 Å². The van der Waals surface area contributed by atoms with E-state index >= 15 is 0 Å². The fraction of sp³-hybridized carbons (Fsp3) is 0.250. The molecule has 0 aliphatic carbocycles. The Morgan fingerprint density at radius 1 is 0.700 bits per heavy atom. The summed E-state index contributed by atoms with van der Waals surface area (Å²) in [7, 11) is 6.44. The van der Waals surface area contributed by atoms with E-state index in [1.165, 1.54) is 0 Å². The van der Waals surface area contributed by atoms with Crippen molar-refractivity contribution in [3.63, 3.8) is 0 Å². The van der Waals surface area contributed by atoms with Gasteiger partial charge in [-0.3, -0.25) is 0 Å². The summed E-state index contributed by atoms with van der Waals surface area (Å²) in [6.45, 7) is 0. The zero-order valence-electron chi connectivity index (χ0n) is 12.0. The highest BCUT2D eigenvalue weighted by Gasteiger charge is 2.20. The first-order valence-corrected chi connectivity index (χ1v) is 6.10. The van der Waals surface area contributed by atoms with Gasteiger partial charge in [0.1, 0.15) is 23.0 Å². The minimum atomic E-state index is 0.576. The highest BCUT2D eigenvalue weighted by molar-refractivity contribution is 5.85. The van der Waals surface area contributed by atoms with Gasteiger partial charge in [0.15, 0.2) is 0 Å². The van der Waals surface area contributed by atoms with Gasteiger partial charge in [0.25, 0.3) is 0 Å². The van der Waals surface area contributed by atoms with Crippen LogP contribution in [-0.2, 0) is 0 Å². The predicted molar refractivity (Wildman–Crippen MR) is 76.9 cm³/mol. The van der Waals surface area contributed by atoms with E-state index in [0.717, 1.165) is 11.1 Å². The maximum atomic E-state index is 5.44. The highest BCUT2D eigenvalue weighted by atomic mass is 16.5. The lowest BCUT2D eigenvalue weighted by atomic mass is 10.0. The Kier molecular flexibility index (Phi) is 4.35. The molecule has 2 rings (SSSR count). The van der Waals surface area contributed by atoms with Crippen molar-refractivity contribution in [3.8, 4) is 34.1 Å². The Bertz CT molecular complexity index is 495. The van der Waals surface area contributed by atoms with Crippen LogP contribution in [-0.4, -0.2) is 28.4 Å². The molecule has 0 spiro atoms. The zero-order valence-corrected chi connectivity index (χ0v) is 12.0. The second-order valence-electron chi connectivity index (χ2n) is 3.99. The van der Waals surface area contributed by atoms with Crippen LogP contribution < -0.4 is 18.9 Å². The maximum absolute atomic E-state index is 5.44. The molecule has 2 aromatic rings. The van der Waals surface area contributed by atoms with Crippen molar-refractivity contribution in [1.29, 1.82) is 0 Å². The number of hydrogen-bond donors (Lipinski definition) is 0. The van der Waals surface area contributed by atoms with Crippen molar-refractivity contribution >= 4 is 0 Å². The molecule has 0 saturated carbocycles. The SMILES string of the molecule is COc1[c]ccc(OC)c1-c1c(OC)cccc1OC. The summed E-state index contributed by atoms with van der Waals surface area (Å²) < 4.78 is 21.7. The molecule has 0 saturated heterocycles. The molecule has 0 fully saturated rings. The van der Waals surface area contributed by atoms with Gasteiger partial charge in [-0.15, -0.1) is 0 Å². The molecule has 0 amide bonds. The normalized spacial score (nSPS) is 10.0. The van der Waals surface area contributed by atoms with Crippen LogP contribution in [0, 0.1) is 6.07 Å². The minimum Gasteiger partial charge on any atom is -0.496 e. The Morgan fingerprint density at radius 2 is 1.25 bits per heavy atom. The summed E-state index contributed by atoms with van der Waals surface area (Å²) in [6.07, 6.45) is 0. The Balaban J connectivity index is 2.79. The number of ether oxygens (including phenoxy) is 4. The molecule has 0 heterocycles. The van der Waals surface area contributed by atoms with Gasteiger partial charge in [0.05, 0.1) is 39.6 Å². The second kappa shape index (κ2) is 6.19. The fourth-order valence-corrected chi connectivity index (χ4v) is 2.13. The largest absolute Gasteiger partial charge is 0.496 e. The molecule has 0 atom stereocenters. The van der Waals surface area contributed by atoms with Crippen LogP contribution in [0.3, 0.4) is 0 Å². The van der Waals surface area contributed by atoms with E-state index in [1.807, 2.05) is 24.3 Å². The quantitative estimate of drug-likeness (QED) is 0.838. The Hall–Kier alpha value is -2.36.